The average Bonchev–Trinajstić information content (AvgIpc) is 3.05. The lowest BCUT2D eigenvalue weighted by Crippen LogP contribution is -2.08. The molecule has 0 saturated heterocycles. The van der Waals surface area contributed by atoms with Crippen LogP contribution in [0.1, 0.15) is 49.7 Å². The minimum absolute atomic E-state index is 0.0592. The highest BCUT2D eigenvalue weighted by atomic mass is 35.5. The monoisotopic (exact) mass is 281 g/mol. The molecule has 0 saturated carbocycles. The van der Waals surface area contributed by atoms with Crippen LogP contribution in [0.5, 0.6) is 0 Å². The van der Waals surface area contributed by atoms with Gasteiger partial charge in [0.1, 0.15) is 5.69 Å². The molecule has 5 nitrogen and oxygen atoms in total. The normalized spacial score (nSPS) is 12.8. The summed E-state index contributed by atoms with van der Waals surface area (Å²) in [6.07, 6.45) is 3.72. The highest BCUT2D eigenvalue weighted by Gasteiger charge is 2.12. The summed E-state index contributed by atoms with van der Waals surface area (Å²) in [5.41, 5.74) is 3.10. The molecule has 1 unspecified atom stereocenters. The van der Waals surface area contributed by atoms with E-state index in [1.807, 2.05) is 22.5 Å². The molecule has 0 bridgehead atoms. The summed E-state index contributed by atoms with van der Waals surface area (Å²) in [4.78, 5) is 0. The molecule has 0 amide bonds. The Hall–Kier alpha value is -1.36. The third-order valence-electron chi connectivity index (χ3n) is 3.14. The van der Waals surface area contributed by atoms with Crippen molar-refractivity contribution in [2.24, 2.45) is 0 Å². The van der Waals surface area contributed by atoms with Gasteiger partial charge in [-0.25, -0.2) is 4.68 Å². The molecule has 104 valence electrons. The Balaban J connectivity index is 2.16. The summed E-state index contributed by atoms with van der Waals surface area (Å²) in [6.45, 7) is 7.79. The van der Waals surface area contributed by atoms with E-state index in [2.05, 4.69) is 35.3 Å². The van der Waals surface area contributed by atoms with E-state index in [1.165, 1.54) is 0 Å². The standard InChI is InChI=1S/C13H20ClN5/c1-4-10-7-11(19(6-3)16-10)8-18-9-13(15-17-18)12(14)5-2/h7,9,12H,4-6,8H2,1-3H3. The maximum Gasteiger partial charge on any atom is 0.101 e. The molecule has 2 aromatic rings. The maximum atomic E-state index is 6.16. The highest BCUT2D eigenvalue weighted by molar-refractivity contribution is 6.20. The number of aromatic nitrogens is 5. The van der Waals surface area contributed by atoms with Crippen molar-refractivity contribution in [3.05, 3.63) is 29.3 Å². The summed E-state index contributed by atoms with van der Waals surface area (Å²) in [5.74, 6) is 0. The summed E-state index contributed by atoms with van der Waals surface area (Å²) in [7, 11) is 0. The summed E-state index contributed by atoms with van der Waals surface area (Å²) in [6, 6.07) is 2.13. The predicted octanol–water partition coefficient (Wildman–Crippen LogP) is 2.80. The third-order valence-corrected chi connectivity index (χ3v) is 3.67. The summed E-state index contributed by atoms with van der Waals surface area (Å²) >= 11 is 6.16. The van der Waals surface area contributed by atoms with Gasteiger partial charge in [0, 0.05) is 6.54 Å². The van der Waals surface area contributed by atoms with E-state index in [1.54, 1.807) is 0 Å². The number of aryl methyl sites for hydroxylation is 2. The molecule has 2 aromatic heterocycles. The van der Waals surface area contributed by atoms with Crippen molar-refractivity contribution >= 4 is 11.6 Å². The highest BCUT2D eigenvalue weighted by Crippen LogP contribution is 2.21. The lowest BCUT2D eigenvalue weighted by atomic mass is 10.2. The first-order valence-corrected chi connectivity index (χ1v) is 7.21. The van der Waals surface area contributed by atoms with E-state index >= 15 is 0 Å². The van der Waals surface area contributed by atoms with Crippen LogP contribution in [0.4, 0.5) is 0 Å². The van der Waals surface area contributed by atoms with Crippen LogP contribution < -0.4 is 0 Å². The van der Waals surface area contributed by atoms with E-state index in [4.69, 9.17) is 11.6 Å². The van der Waals surface area contributed by atoms with Gasteiger partial charge in [-0.15, -0.1) is 16.7 Å². The Morgan fingerprint density at radius 3 is 2.74 bits per heavy atom. The van der Waals surface area contributed by atoms with Crippen molar-refractivity contribution in [2.75, 3.05) is 0 Å². The van der Waals surface area contributed by atoms with Gasteiger partial charge in [0.15, 0.2) is 0 Å². The zero-order chi connectivity index (χ0) is 13.8. The first kappa shape index (κ1) is 14.1. The number of rotatable bonds is 6. The molecule has 0 aromatic carbocycles. The second-order valence-corrected chi connectivity index (χ2v) is 5.04. The van der Waals surface area contributed by atoms with Crippen molar-refractivity contribution in [3.63, 3.8) is 0 Å². The van der Waals surface area contributed by atoms with Gasteiger partial charge in [0.25, 0.3) is 0 Å². The van der Waals surface area contributed by atoms with Gasteiger partial charge in [-0.2, -0.15) is 5.10 Å². The minimum Gasteiger partial charge on any atom is -0.268 e. The molecule has 0 N–H and O–H groups in total. The number of alkyl halides is 1. The summed E-state index contributed by atoms with van der Waals surface area (Å²) in [5, 5.41) is 12.7. The fraction of sp³-hybridized carbons (Fsp3) is 0.615. The van der Waals surface area contributed by atoms with E-state index in [0.717, 1.165) is 36.5 Å². The van der Waals surface area contributed by atoms with Gasteiger partial charge in [0.05, 0.1) is 29.5 Å². The number of hydrogen-bond acceptors (Lipinski definition) is 3. The quantitative estimate of drug-likeness (QED) is 0.765. The van der Waals surface area contributed by atoms with Crippen LogP contribution in [0.15, 0.2) is 12.3 Å². The molecule has 19 heavy (non-hydrogen) atoms. The van der Waals surface area contributed by atoms with Crippen molar-refractivity contribution in [1.29, 1.82) is 0 Å². The van der Waals surface area contributed by atoms with Crippen molar-refractivity contribution in [3.8, 4) is 0 Å². The number of hydrogen-bond donors (Lipinski definition) is 0. The van der Waals surface area contributed by atoms with E-state index in [9.17, 15) is 0 Å². The number of nitrogens with zero attached hydrogens (tertiary/aromatic N) is 5. The van der Waals surface area contributed by atoms with Gasteiger partial charge in [-0.05, 0) is 25.8 Å². The Labute approximate surface area is 118 Å². The molecular weight excluding hydrogens is 262 g/mol. The fourth-order valence-corrected chi connectivity index (χ4v) is 2.10. The molecule has 6 heteroatoms. The molecule has 1 atom stereocenters. The molecule has 2 heterocycles. The van der Waals surface area contributed by atoms with Gasteiger partial charge >= 0.3 is 0 Å². The molecule has 2 rings (SSSR count). The third kappa shape index (κ3) is 3.15. The minimum atomic E-state index is -0.0592. The second-order valence-electron chi connectivity index (χ2n) is 4.51. The first-order chi connectivity index (χ1) is 9.17. The molecule has 0 aliphatic rings. The molecule has 0 aliphatic carbocycles. The molecule has 0 spiro atoms. The predicted molar refractivity (Wildman–Crippen MR) is 75.3 cm³/mol. The maximum absolute atomic E-state index is 6.16. The summed E-state index contributed by atoms with van der Waals surface area (Å²) < 4.78 is 3.83. The van der Waals surface area contributed by atoms with Crippen LogP contribution in [0, 0.1) is 0 Å². The van der Waals surface area contributed by atoms with Crippen molar-refractivity contribution in [2.45, 2.75) is 52.1 Å². The lowest BCUT2D eigenvalue weighted by molar-refractivity contribution is 0.563. The molecule has 0 radical (unpaired) electrons. The van der Waals surface area contributed by atoms with E-state index < -0.39 is 0 Å². The van der Waals surface area contributed by atoms with Gasteiger partial charge in [-0.3, -0.25) is 4.68 Å². The van der Waals surface area contributed by atoms with Crippen LogP contribution in [-0.2, 0) is 19.5 Å². The SMILES string of the molecule is CCc1cc(Cn2cc(C(Cl)CC)nn2)n(CC)n1. The van der Waals surface area contributed by atoms with E-state index in [0.29, 0.717) is 6.54 Å². The fourth-order valence-electron chi connectivity index (χ4n) is 2.00. The largest absolute Gasteiger partial charge is 0.268 e. The Morgan fingerprint density at radius 1 is 1.32 bits per heavy atom. The smallest absolute Gasteiger partial charge is 0.101 e. The van der Waals surface area contributed by atoms with Crippen molar-refractivity contribution in [1.82, 2.24) is 24.8 Å². The van der Waals surface area contributed by atoms with Crippen LogP contribution in [0.2, 0.25) is 0 Å². The zero-order valence-electron chi connectivity index (χ0n) is 11.7. The molecular formula is C13H20ClN5. The van der Waals surface area contributed by atoms with Crippen molar-refractivity contribution < 1.29 is 0 Å². The Kier molecular flexibility index (Phi) is 4.58. The Morgan fingerprint density at radius 2 is 2.11 bits per heavy atom. The van der Waals surface area contributed by atoms with E-state index in [-0.39, 0.29) is 5.38 Å². The topological polar surface area (TPSA) is 48.5 Å². The second kappa shape index (κ2) is 6.19. The Bertz CT molecular complexity index is 531. The van der Waals surface area contributed by atoms with Crippen LogP contribution >= 0.6 is 11.6 Å². The van der Waals surface area contributed by atoms with Gasteiger partial charge in [0.2, 0.25) is 0 Å². The van der Waals surface area contributed by atoms with Crippen LogP contribution in [-0.4, -0.2) is 24.8 Å². The zero-order valence-corrected chi connectivity index (χ0v) is 12.4. The first-order valence-electron chi connectivity index (χ1n) is 6.77. The lowest BCUT2D eigenvalue weighted by Gasteiger charge is -2.03. The van der Waals surface area contributed by atoms with Gasteiger partial charge < -0.3 is 0 Å². The van der Waals surface area contributed by atoms with Crippen LogP contribution in [0.25, 0.3) is 0 Å². The average molecular weight is 282 g/mol. The van der Waals surface area contributed by atoms with Gasteiger partial charge in [-0.1, -0.05) is 19.1 Å². The van der Waals surface area contributed by atoms with Crippen LogP contribution in [0.3, 0.4) is 0 Å². The molecule has 0 fully saturated rings. The molecule has 0 aliphatic heterocycles. The number of halogens is 1.